The van der Waals surface area contributed by atoms with Crippen LogP contribution >= 0.6 is 0 Å². The quantitative estimate of drug-likeness (QED) is 0.893. The van der Waals surface area contributed by atoms with E-state index in [1.54, 1.807) is 24.4 Å². The van der Waals surface area contributed by atoms with Crippen molar-refractivity contribution in [2.75, 3.05) is 0 Å². The number of amides is 1. The van der Waals surface area contributed by atoms with Gasteiger partial charge in [-0.15, -0.1) is 0 Å². The van der Waals surface area contributed by atoms with Crippen LogP contribution in [0.3, 0.4) is 0 Å². The molecule has 1 aromatic heterocycles. The van der Waals surface area contributed by atoms with Gasteiger partial charge in [0, 0.05) is 40.9 Å². The van der Waals surface area contributed by atoms with Gasteiger partial charge in [-0.05, 0) is 37.8 Å². The molecule has 2 bridgehead atoms. The zero-order valence-electron chi connectivity index (χ0n) is 14.2. The Hall–Kier alpha value is -2.28. The number of Topliss-reactive ketones (excluding diaryl/α,β-unsaturated/α-hetero) is 1. The van der Waals surface area contributed by atoms with Crippen LogP contribution in [0.15, 0.2) is 41.6 Å². The third-order valence-electron chi connectivity index (χ3n) is 5.58. The molecule has 2 aliphatic carbocycles. The van der Waals surface area contributed by atoms with Crippen molar-refractivity contribution in [3.8, 4) is 0 Å². The van der Waals surface area contributed by atoms with Crippen LogP contribution in [0.5, 0.6) is 0 Å². The second kappa shape index (κ2) is 6.46. The fourth-order valence-corrected chi connectivity index (χ4v) is 5.57. The zero-order chi connectivity index (χ0) is 18.3. The SMILES string of the molecule is O=C(NS(=O)(=O)c1cccc2cnccc12)C1CC2CCCC(C1)C2=O. The predicted octanol–water partition coefficient (Wildman–Crippen LogP) is 2.44. The first kappa shape index (κ1) is 17.1. The Bertz CT molecular complexity index is 965. The van der Waals surface area contributed by atoms with E-state index in [1.165, 1.54) is 12.3 Å². The molecule has 0 aliphatic heterocycles. The summed E-state index contributed by atoms with van der Waals surface area (Å²) in [5, 5.41) is 1.22. The van der Waals surface area contributed by atoms with E-state index in [4.69, 9.17) is 0 Å². The number of carbonyl (C=O) groups excluding carboxylic acids is 2. The van der Waals surface area contributed by atoms with E-state index in [9.17, 15) is 18.0 Å². The number of hydrogen-bond donors (Lipinski definition) is 1. The van der Waals surface area contributed by atoms with Gasteiger partial charge < -0.3 is 0 Å². The number of pyridine rings is 1. The van der Waals surface area contributed by atoms with Gasteiger partial charge in [0.2, 0.25) is 5.91 Å². The van der Waals surface area contributed by atoms with E-state index < -0.39 is 21.8 Å². The Morgan fingerprint density at radius 3 is 2.58 bits per heavy atom. The molecule has 2 saturated carbocycles. The van der Waals surface area contributed by atoms with Crippen LogP contribution in [0.4, 0.5) is 0 Å². The van der Waals surface area contributed by atoms with E-state index in [1.807, 2.05) is 0 Å². The Morgan fingerprint density at radius 1 is 1.12 bits per heavy atom. The Kier molecular flexibility index (Phi) is 4.26. The number of ketones is 1. The summed E-state index contributed by atoms with van der Waals surface area (Å²) in [5.74, 6) is -0.853. The van der Waals surface area contributed by atoms with Gasteiger partial charge in [-0.25, -0.2) is 13.1 Å². The van der Waals surface area contributed by atoms with Crippen molar-refractivity contribution >= 4 is 32.5 Å². The van der Waals surface area contributed by atoms with Gasteiger partial charge in [-0.2, -0.15) is 0 Å². The normalized spacial score (nSPS) is 25.8. The monoisotopic (exact) mass is 372 g/mol. The van der Waals surface area contributed by atoms with Crippen molar-refractivity contribution in [1.29, 1.82) is 0 Å². The molecule has 2 aromatic rings. The average Bonchev–Trinajstić information content (AvgIpc) is 2.60. The van der Waals surface area contributed by atoms with Crippen LogP contribution in [0.1, 0.15) is 32.1 Å². The second-order valence-corrected chi connectivity index (χ2v) is 8.87. The molecule has 2 unspecified atom stereocenters. The lowest BCUT2D eigenvalue weighted by Gasteiger charge is -2.36. The van der Waals surface area contributed by atoms with Gasteiger partial charge in [-0.3, -0.25) is 14.6 Å². The summed E-state index contributed by atoms with van der Waals surface area (Å²) in [5.41, 5.74) is 0. The number of nitrogens with zero attached hydrogens (tertiary/aromatic N) is 1. The standard InChI is InChI=1S/C19H20N2O4S/c22-18-12-3-1-4-13(18)10-15(9-12)19(23)21-26(24,25)17-6-2-5-14-11-20-8-7-16(14)17/h2,5-8,11-13,15H,1,3-4,9-10H2,(H,21,23). The van der Waals surface area contributed by atoms with E-state index in [0.29, 0.717) is 23.6 Å². The number of fused-ring (bicyclic) bond motifs is 3. The summed E-state index contributed by atoms with van der Waals surface area (Å²) in [6, 6.07) is 6.51. The number of aromatic nitrogens is 1. The van der Waals surface area contributed by atoms with Crippen molar-refractivity contribution in [3.63, 3.8) is 0 Å². The lowest BCUT2D eigenvalue weighted by atomic mass is 9.67. The minimum atomic E-state index is -3.98. The minimum absolute atomic E-state index is 0.0674. The van der Waals surface area contributed by atoms with Crippen molar-refractivity contribution in [2.45, 2.75) is 37.0 Å². The first-order valence-corrected chi connectivity index (χ1v) is 10.4. The highest BCUT2D eigenvalue weighted by Gasteiger charge is 2.42. The zero-order valence-corrected chi connectivity index (χ0v) is 15.0. The first-order valence-electron chi connectivity index (χ1n) is 8.89. The van der Waals surface area contributed by atoms with E-state index >= 15 is 0 Å². The maximum atomic E-state index is 12.8. The number of benzene rings is 1. The highest BCUT2D eigenvalue weighted by molar-refractivity contribution is 7.90. The number of carbonyl (C=O) groups is 2. The Morgan fingerprint density at radius 2 is 1.85 bits per heavy atom. The van der Waals surface area contributed by atoms with Crippen molar-refractivity contribution in [2.24, 2.45) is 17.8 Å². The van der Waals surface area contributed by atoms with E-state index in [0.717, 1.165) is 19.3 Å². The summed E-state index contributed by atoms with van der Waals surface area (Å²) in [7, 11) is -3.98. The second-order valence-electron chi connectivity index (χ2n) is 7.22. The van der Waals surface area contributed by atoms with Gasteiger partial charge >= 0.3 is 0 Å². The predicted molar refractivity (Wildman–Crippen MR) is 95.6 cm³/mol. The molecule has 1 heterocycles. The number of sulfonamides is 1. The molecule has 2 fully saturated rings. The van der Waals surface area contributed by atoms with Gasteiger partial charge in [-0.1, -0.05) is 18.6 Å². The molecule has 7 heteroatoms. The maximum absolute atomic E-state index is 12.8. The molecule has 1 aromatic carbocycles. The van der Waals surface area contributed by atoms with Crippen LogP contribution in [-0.4, -0.2) is 25.1 Å². The third-order valence-corrected chi connectivity index (χ3v) is 6.99. The summed E-state index contributed by atoms with van der Waals surface area (Å²) < 4.78 is 27.8. The van der Waals surface area contributed by atoms with Gasteiger partial charge in [0.25, 0.3) is 10.0 Å². The molecule has 0 radical (unpaired) electrons. The largest absolute Gasteiger partial charge is 0.299 e. The molecule has 2 atom stereocenters. The molecule has 1 amide bonds. The van der Waals surface area contributed by atoms with Crippen molar-refractivity contribution in [3.05, 3.63) is 36.7 Å². The van der Waals surface area contributed by atoms with Crippen molar-refractivity contribution in [1.82, 2.24) is 9.71 Å². The maximum Gasteiger partial charge on any atom is 0.264 e. The molecule has 6 nitrogen and oxygen atoms in total. The smallest absolute Gasteiger partial charge is 0.264 e. The summed E-state index contributed by atoms with van der Waals surface area (Å²) >= 11 is 0. The molecule has 136 valence electrons. The highest BCUT2D eigenvalue weighted by atomic mass is 32.2. The highest BCUT2D eigenvalue weighted by Crippen LogP contribution is 2.40. The van der Waals surface area contributed by atoms with E-state index in [2.05, 4.69) is 9.71 Å². The molecule has 0 saturated heterocycles. The summed E-state index contributed by atoms with van der Waals surface area (Å²) in [6.45, 7) is 0. The average molecular weight is 372 g/mol. The lowest BCUT2D eigenvalue weighted by molar-refractivity contribution is -0.137. The number of hydrogen-bond acceptors (Lipinski definition) is 5. The van der Waals surface area contributed by atoms with Crippen LogP contribution in [0.2, 0.25) is 0 Å². The topological polar surface area (TPSA) is 93.2 Å². The van der Waals surface area contributed by atoms with Crippen LogP contribution in [0, 0.1) is 17.8 Å². The molecule has 1 N–H and O–H groups in total. The first-order chi connectivity index (χ1) is 12.5. The van der Waals surface area contributed by atoms with Crippen LogP contribution < -0.4 is 4.72 Å². The number of nitrogens with one attached hydrogen (secondary N) is 1. The minimum Gasteiger partial charge on any atom is -0.299 e. The summed E-state index contributed by atoms with van der Waals surface area (Å²) in [4.78, 5) is 28.9. The fourth-order valence-electron chi connectivity index (χ4n) is 4.29. The summed E-state index contributed by atoms with van der Waals surface area (Å²) in [6.07, 6.45) is 6.65. The van der Waals surface area contributed by atoms with Gasteiger partial charge in [0.15, 0.2) is 0 Å². The van der Waals surface area contributed by atoms with Gasteiger partial charge in [0.1, 0.15) is 5.78 Å². The van der Waals surface area contributed by atoms with E-state index in [-0.39, 0.29) is 22.5 Å². The Labute approximate surface area is 152 Å². The number of rotatable bonds is 3. The van der Waals surface area contributed by atoms with Gasteiger partial charge in [0.05, 0.1) is 4.90 Å². The molecular weight excluding hydrogens is 352 g/mol. The van der Waals surface area contributed by atoms with Crippen LogP contribution in [0.25, 0.3) is 10.8 Å². The molecular formula is C19H20N2O4S. The molecule has 2 aliphatic rings. The van der Waals surface area contributed by atoms with Crippen LogP contribution in [-0.2, 0) is 19.6 Å². The lowest BCUT2D eigenvalue weighted by Crippen LogP contribution is -2.44. The molecule has 4 rings (SSSR count). The fraction of sp³-hybridized carbons (Fsp3) is 0.421. The van der Waals surface area contributed by atoms with Crippen molar-refractivity contribution < 1.29 is 18.0 Å². The third kappa shape index (κ3) is 3.00. The molecule has 0 spiro atoms. The molecule has 26 heavy (non-hydrogen) atoms. The Balaban J connectivity index is 1.58.